The van der Waals surface area contributed by atoms with Crippen molar-refractivity contribution in [2.75, 3.05) is 6.54 Å². The SMILES string of the molecule is CCNC(=O)/C=C(/CC(=O)O)C(=O)O. The molecule has 0 aliphatic rings. The van der Waals surface area contributed by atoms with Gasteiger partial charge in [-0.1, -0.05) is 0 Å². The molecular weight excluding hydrogens is 190 g/mol. The average molecular weight is 201 g/mol. The fraction of sp³-hybridized carbons (Fsp3) is 0.375. The van der Waals surface area contributed by atoms with E-state index in [0.717, 1.165) is 6.08 Å². The molecule has 0 radical (unpaired) electrons. The van der Waals surface area contributed by atoms with E-state index >= 15 is 0 Å². The summed E-state index contributed by atoms with van der Waals surface area (Å²) < 4.78 is 0. The maximum absolute atomic E-state index is 10.9. The molecule has 1 amide bonds. The third-order valence-electron chi connectivity index (χ3n) is 1.27. The van der Waals surface area contributed by atoms with E-state index in [1.54, 1.807) is 6.92 Å². The molecule has 0 heterocycles. The van der Waals surface area contributed by atoms with Gasteiger partial charge in [-0.05, 0) is 6.92 Å². The molecule has 0 rings (SSSR count). The van der Waals surface area contributed by atoms with Gasteiger partial charge in [0.25, 0.3) is 0 Å². The van der Waals surface area contributed by atoms with Crippen molar-refractivity contribution in [3.63, 3.8) is 0 Å². The zero-order chi connectivity index (χ0) is 11.1. The minimum atomic E-state index is -1.40. The van der Waals surface area contributed by atoms with Gasteiger partial charge < -0.3 is 15.5 Å². The molecule has 0 fully saturated rings. The monoisotopic (exact) mass is 201 g/mol. The smallest absolute Gasteiger partial charge is 0.332 e. The van der Waals surface area contributed by atoms with E-state index < -0.39 is 29.8 Å². The van der Waals surface area contributed by atoms with Crippen LogP contribution in [-0.4, -0.2) is 34.6 Å². The third-order valence-corrected chi connectivity index (χ3v) is 1.27. The van der Waals surface area contributed by atoms with Gasteiger partial charge in [-0.2, -0.15) is 0 Å². The number of amides is 1. The second-order valence-electron chi connectivity index (χ2n) is 2.44. The molecule has 0 saturated carbocycles. The maximum Gasteiger partial charge on any atom is 0.332 e. The zero-order valence-electron chi connectivity index (χ0n) is 7.61. The molecule has 6 nitrogen and oxygen atoms in total. The summed E-state index contributed by atoms with van der Waals surface area (Å²) in [5.74, 6) is -3.30. The van der Waals surface area contributed by atoms with Gasteiger partial charge >= 0.3 is 11.9 Å². The highest BCUT2D eigenvalue weighted by atomic mass is 16.4. The van der Waals surface area contributed by atoms with Crippen molar-refractivity contribution in [2.45, 2.75) is 13.3 Å². The molecule has 0 bridgehead atoms. The summed E-state index contributed by atoms with van der Waals surface area (Å²) in [5.41, 5.74) is -0.441. The first kappa shape index (κ1) is 12.2. The summed E-state index contributed by atoms with van der Waals surface area (Å²) in [6.07, 6.45) is 0.104. The van der Waals surface area contributed by atoms with E-state index in [1.807, 2.05) is 0 Å². The predicted octanol–water partition coefficient (Wildman–Crippen LogP) is -0.392. The molecule has 0 spiro atoms. The van der Waals surface area contributed by atoms with Crippen LogP contribution in [0.25, 0.3) is 0 Å². The molecule has 0 unspecified atom stereocenters. The van der Waals surface area contributed by atoms with Crippen molar-refractivity contribution in [1.29, 1.82) is 0 Å². The number of hydrogen-bond donors (Lipinski definition) is 3. The summed E-state index contributed by atoms with van der Waals surface area (Å²) in [4.78, 5) is 31.6. The minimum Gasteiger partial charge on any atom is -0.481 e. The van der Waals surface area contributed by atoms with Crippen LogP contribution in [0.4, 0.5) is 0 Å². The summed E-state index contributed by atoms with van der Waals surface area (Å²) in [7, 11) is 0. The molecule has 14 heavy (non-hydrogen) atoms. The average Bonchev–Trinajstić information content (AvgIpc) is 2.02. The lowest BCUT2D eigenvalue weighted by Crippen LogP contribution is -2.22. The first-order valence-electron chi connectivity index (χ1n) is 3.90. The highest BCUT2D eigenvalue weighted by Gasteiger charge is 2.13. The topological polar surface area (TPSA) is 104 Å². The molecule has 0 aliphatic carbocycles. The molecule has 6 heteroatoms. The fourth-order valence-corrected chi connectivity index (χ4v) is 0.735. The van der Waals surface area contributed by atoms with E-state index in [1.165, 1.54) is 0 Å². The maximum atomic E-state index is 10.9. The van der Waals surface area contributed by atoms with Crippen LogP contribution in [0.1, 0.15) is 13.3 Å². The Balaban J connectivity index is 4.55. The van der Waals surface area contributed by atoms with Crippen LogP contribution < -0.4 is 5.32 Å². The number of carboxylic acids is 2. The molecule has 0 aromatic carbocycles. The van der Waals surface area contributed by atoms with Crippen LogP contribution in [0, 0.1) is 0 Å². The van der Waals surface area contributed by atoms with Crippen LogP contribution in [0.2, 0.25) is 0 Å². The number of aliphatic carboxylic acids is 2. The molecule has 0 aromatic rings. The number of nitrogens with one attached hydrogen (secondary N) is 1. The number of likely N-dealkylation sites (N-methyl/N-ethyl adjacent to an activating group) is 1. The van der Waals surface area contributed by atoms with Gasteiger partial charge in [-0.15, -0.1) is 0 Å². The van der Waals surface area contributed by atoms with Crippen LogP contribution in [0.3, 0.4) is 0 Å². The Morgan fingerprint density at radius 1 is 1.29 bits per heavy atom. The lowest BCUT2D eigenvalue weighted by Gasteiger charge is -1.99. The number of carbonyl (C=O) groups excluding carboxylic acids is 1. The second kappa shape index (κ2) is 5.74. The Kier molecular flexibility index (Phi) is 4.98. The van der Waals surface area contributed by atoms with Crippen LogP contribution in [0.15, 0.2) is 11.6 Å². The summed E-state index contributed by atoms with van der Waals surface area (Å²) in [5, 5.41) is 19.2. The standard InChI is InChI=1S/C8H11NO5/c1-2-9-6(10)3-5(8(13)14)4-7(11)12/h3H,2,4H2,1H3,(H,9,10)(H,11,12)(H,13,14)/b5-3-. The Morgan fingerprint density at radius 3 is 2.21 bits per heavy atom. The van der Waals surface area contributed by atoms with E-state index in [0.29, 0.717) is 6.54 Å². The van der Waals surface area contributed by atoms with E-state index in [9.17, 15) is 14.4 Å². The fourth-order valence-electron chi connectivity index (χ4n) is 0.735. The zero-order valence-corrected chi connectivity index (χ0v) is 7.61. The van der Waals surface area contributed by atoms with Crippen LogP contribution in [0.5, 0.6) is 0 Å². The van der Waals surface area contributed by atoms with Crippen molar-refractivity contribution < 1.29 is 24.6 Å². The highest BCUT2D eigenvalue weighted by molar-refractivity contribution is 6.00. The van der Waals surface area contributed by atoms with Crippen molar-refractivity contribution in [1.82, 2.24) is 5.32 Å². The lowest BCUT2D eigenvalue weighted by atomic mass is 10.2. The quantitative estimate of drug-likeness (QED) is 0.525. The van der Waals surface area contributed by atoms with Gasteiger partial charge in [0.05, 0.1) is 12.0 Å². The van der Waals surface area contributed by atoms with Crippen LogP contribution in [-0.2, 0) is 14.4 Å². The predicted molar refractivity (Wildman–Crippen MR) is 46.7 cm³/mol. The van der Waals surface area contributed by atoms with Gasteiger partial charge in [0.15, 0.2) is 0 Å². The molecule has 3 N–H and O–H groups in total. The van der Waals surface area contributed by atoms with Crippen molar-refractivity contribution in [2.24, 2.45) is 0 Å². The third kappa shape index (κ3) is 4.91. The molecule has 0 atom stereocenters. The number of carbonyl (C=O) groups is 3. The van der Waals surface area contributed by atoms with E-state index in [2.05, 4.69) is 5.32 Å². The van der Waals surface area contributed by atoms with E-state index in [-0.39, 0.29) is 0 Å². The summed E-state index contributed by atoms with van der Waals surface area (Å²) >= 11 is 0. The van der Waals surface area contributed by atoms with Crippen molar-refractivity contribution in [3.8, 4) is 0 Å². The van der Waals surface area contributed by atoms with Gasteiger partial charge in [-0.3, -0.25) is 9.59 Å². The minimum absolute atomic E-state index is 0.356. The lowest BCUT2D eigenvalue weighted by molar-refractivity contribution is -0.139. The van der Waals surface area contributed by atoms with Crippen molar-refractivity contribution >= 4 is 17.8 Å². The summed E-state index contributed by atoms with van der Waals surface area (Å²) in [6.45, 7) is 2.03. The molecule has 0 aliphatic heterocycles. The van der Waals surface area contributed by atoms with E-state index in [4.69, 9.17) is 10.2 Å². The number of rotatable bonds is 5. The first-order valence-corrected chi connectivity index (χ1v) is 3.90. The van der Waals surface area contributed by atoms with Gasteiger partial charge in [0, 0.05) is 12.6 Å². The van der Waals surface area contributed by atoms with Crippen molar-refractivity contribution in [3.05, 3.63) is 11.6 Å². The molecule has 0 aromatic heterocycles. The van der Waals surface area contributed by atoms with Crippen LogP contribution >= 0.6 is 0 Å². The normalized spacial score (nSPS) is 10.8. The number of hydrogen-bond acceptors (Lipinski definition) is 3. The summed E-state index contributed by atoms with van der Waals surface area (Å²) in [6, 6.07) is 0. The number of carboxylic acid groups (broad SMARTS) is 2. The van der Waals surface area contributed by atoms with Gasteiger partial charge in [-0.25, -0.2) is 4.79 Å². The second-order valence-corrected chi connectivity index (χ2v) is 2.44. The molecular formula is C8H11NO5. The molecule has 0 saturated heterocycles. The largest absolute Gasteiger partial charge is 0.481 e. The first-order chi connectivity index (χ1) is 6.47. The van der Waals surface area contributed by atoms with Gasteiger partial charge in [0.2, 0.25) is 5.91 Å². The Hall–Kier alpha value is -1.85. The molecule has 78 valence electrons. The Labute approximate surface area is 80.2 Å². The highest BCUT2D eigenvalue weighted by Crippen LogP contribution is 2.01. The Morgan fingerprint density at radius 2 is 1.86 bits per heavy atom. The Bertz CT molecular complexity index is 281. The van der Waals surface area contributed by atoms with Gasteiger partial charge in [0.1, 0.15) is 0 Å².